The molecule has 1 fully saturated rings. The van der Waals surface area contributed by atoms with Gasteiger partial charge >= 0.3 is 12.1 Å². The Kier molecular flexibility index (Phi) is 6.65. The molecular formula is C25H29N3O5. The van der Waals surface area contributed by atoms with E-state index in [1.165, 1.54) is 4.90 Å². The van der Waals surface area contributed by atoms with Crippen LogP contribution in [0.25, 0.3) is 11.1 Å². The summed E-state index contributed by atoms with van der Waals surface area (Å²) in [5.74, 6) is -1.51. The lowest BCUT2D eigenvalue weighted by molar-refractivity contribution is -0.149. The SMILES string of the molecule is CN(C)CC(NC(=O)OCC1c2ccccc2-c2ccccc21)C(=O)N1CCC[C@@H]1C(=O)O. The quantitative estimate of drug-likeness (QED) is 0.671. The van der Waals surface area contributed by atoms with Crippen LogP contribution in [0.5, 0.6) is 0 Å². The molecule has 2 atom stereocenters. The minimum atomic E-state index is -1.02. The smallest absolute Gasteiger partial charge is 0.407 e. The number of carboxylic acid groups (broad SMARTS) is 1. The van der Waals surface area contributed by atoms with Gasteiger partial charge < -0.3 is 25.0 Å². The van der Waals surface area contributed by atoms with Crippen LogP contribution < -0.4 is 5.32 Å². The first kappa shape index (κ1) is 22.8. The van der Waals surface area contributed by atoms with E-state index in [-0.39, 0.29) is 19.1 Å². The van der Waals surface area contributed by atoms with E-state index in [1.54, 1.807) is 19.0 Å². The van der Waals surface area contributed by atoms with Gasteiger partial charge in [0.25, 0.3) is 0 Å². The summed E-state index contributed by atoms with van der Waals surface area (Å²) in [6.07, 6.45) is 0.353. The van der Waals surface area contributed by atoms with Crippen molar-refractivity contribution in [3.8, 4) is 11.1 Å². The van der Waals surface area contributed by atoms with Gasteiger partial charge in [-0.05, 0) is 49.2 Å². The number of benzene rings is 2. The second kappa shape index (κ2) is 9.62. The number of carboxylic acids is 1. The van der Waals surface area contributed by atoms with E-state index >= 15 is 0 Å². The van der Waals surface area contributed by atoms with Gasteiger partial charge in [0.2, 0.25) is 5.91 Å². The molecule has 2 aliphatic rings. The molecule has 0 saturated carbocycles. The van der Waals surface area contributed by atoms with Gasteiger partial charge in [0.05, 0.1) is 0 Å². The van der Waals surface area contributed by atoms with Crippen LogP contribution in [0.4, 0.5) is 4.79 Å². The van der Waals surface area contributed by atoms with Gasteiger partial charge in [-0.3, -0.25) is 4.79 Å². The Bertz CT molecular complexity index is 1010. The highest BCUT2D eigenvalue weighted by Crippen LogP contribution is 2.44. The van der Waals surface area contributed by atoms with Crippen molar-refractivity contribution in [3.05, 3.63) is 59.7 Å². The average Bonchev–Trinajstić information content (AvgIpc) is 3.40. The number of nitrogens with one attached hydrogen (secondary N) is 1. The molecule has 1 aliphatic heterocycles. The van der Waals surface area contributed by atoms with E-state index < -0.39 is 30.1 Å². The highest BCUT2D eigenvalue weighted by Gasteiger charge is 2.38. The number of ether oxygens (including phenoxy) is 1. The molecular weight excluding hydrogens is 422 g/mol. The second-order valence-corrected chi connectivity index (χ2v) is 8.81. The zero-order chi connectivity index (χ0) is 23.5. The van der Waals surface area contributed by atoms with Crippen LogP contribution in [-0.2, 0) is 14.3 Å². The molecule has 2 N–H and O–H groups in total. The van der Waals surface area contributed by atoms with Crippen LogP contribution in [0.1, 0.15) is 29.9 Å². The van der Waals surface area contributed by atoms with E-state index in [9.17, 15) is 19.5 Å². The first-order valence-electron chi connectivity index (χ1n) is 11.2. The molecule has 8 heteroatoms. The number of likely N-dealkylation sites (N-methyl/N-ethyl adjacent to an activating group) is 1. The molecule has 8 nitrogen and oxygen atoms in total. The monoisotopic (exact) mass is 451 g/mol. The maximum Gasteiger partial charge on any atom is 0.407 e. The normalized spacial score (nSPS) is 18.0. The summed E-state index contributed by atoms with van der Waals surface area (Å²) in [7, 11) is 3.58. The molecule has 4 rings (SSSR count). The minimum Gasteiger partial charge on any atom is -0.480 e. The van der Waals surface area contributed by atoms with Crippen molar-refractivity contribution in [2.45, 2.75) is 30.8 Å². The summed E-state index contributed by atoms with van der Waals surface area (Å²) in [6.45, 7) is 0.752. The van der Waals surface area contributed by atoms with Crippen LogP contribution in [-0.4, -0.2) is 78.8 Å². The number of hydrogen-bond donors (Lipinski definition) is 2. The number of carbonyl (C=O) groups is 3. The summed E-state index contributed by atoms with van der Waals surface area (Å²) >= 11 is 0. The lowest BCUT2D eigenvalue weighted by Gasteiger charge is -2.28. The summed E-state index contributed by atoms with van der Waals surface area (Å²) in [5.41, 5.74) is 4.48. The van der Waals surface area contributed by atoms with Gasteiger partial charge in [0, 0.05) is 19.0 Å². The Morgan fingerprint density at radius 1 is 1.09 bits per heavy atom. The number of rotatable bonds is 7. The first-order valence-corrected chi connectivity index (χ1v) is 11.2. The molecule has 0 radical (unpaired) electrons. The molecule has 33 heavy (non-hydrogen) atoms. The molecule has 0 aromatic heterocycles. The van der Waals surface area contributed by atoms with Crippen LogP contribution in [0, 0.1) is 0 Å². The number of hydrogen-bond acceptors (Lipinski definition) is 5. The molecule has 1 saturated heterocycles. The van der Waals surface area contributed by atoms with Gasteiger partial charge in [-0.15, -0.1) is 0 Å². The minimum absolute atomic E-state index is 0.0823. The standard InChI is InChI=1S/C25H29N3O5/c1-27(2)14-21(23(29)28-13-7-12-22(28)24(30)31)26-25(32)33-15-20-18-10-5-3-8-16(18)17-9-4-6-11-19(17)20/h3-6,8-11,20-22H,7,12-15H2,1-2H3,(H,26,32)(H,30,31)/t21?,22-/m1/s1. The predicted molar refractivity (Wildman–Crippen MR) is 123 cm³/mol. The van der Waals surface area contributed by atoms with Gasteiger partial charge in [0.15, 0.2) is 0 Å². The third-order valence-electron chi connectivity index (χ3n) is 6.30. The molecule has 174 valence electrons. The molecule has 2 aromatic carbocycles. The Morgan fingerprint density at radius 2 is 1.70 bits per heavy atom. The Balaban J connectivity index is 1.44. The zero-order valence-corrected chi connectivity index (χ0v) is 18.9. The van der Waals surface area contributed by atoms with Crippen molar-refractivity contribution in [1.82, 2.24) is 15.1 Å². The molecule has 2 amide bonds. The second-order valence-electron chi connectivity index (χ2n) is 8.81. The lowest BCUT2D eigenvalue weighted by atomic mass is 9.98. The van der Waals surface area contributed by atoms with Gasteiger partial charge in [-0.25, -0.2) is 9.59 Å². The maximum atomic E-state index is 13.1. The lowest BCUT2D eigenvalue weighted by Crippen LogP contribution is -2.55. The largest absolute Gasteiger partial charge is 0.480 e. The number of amides is 2. The summed E-state index contributed by atoms with van der Waals surface area (Å²) in [5, 5.41) is 12.1. The van der Waals surface area contributed by atoms with Crippen molar-refractivity contribution < 1.29 is 24.2 Å². The van der Waals surface area contributed by atoms with Crippen LogP contribution in [0.15, 0.2) is 48.5 Å². The third-order valence-corrected chi connectivity index (χ3v) is 6.30. The van der Waals surface area contributed by atoms with E-state index in [2.05, 4.69) is 17.4 Å². The van der Waals surface area contributed by atoms with Gasteiger partial charge in [0.1, 0.15) is 18.7 Å². The fraction of sp³-hybridized carbons (Fsp3) is 0.400. The van der Waals surface area contributed by atoms with Crippen molar-refractivity contribution in [2.24, 2.45) is 0 Å². The molecule has 0 spiro atoms. The van der Waals surface area contributed by atoms with Crippen LogP contribution >= 0.6 is 0 Å². The summed E-state index contributed by atoms with van der Waals surface area (Å²) in [6, 6.07) is 14.4. The van der Waals surface area contributed by atoms with Crippen molar-refractivity contribution >= 4 is 18.0 Å². The fourth-order valence-corrected chi connectivity index (χ4v) is 4.82. The van der Waals surface area contributed by atoms with Gasteiger partial charge in [-0.2, -0.15) is 0 Å². The number of likely N-dealkylation sites (tertiary alicyclic amines) is 1. The summed E-state index contributed by atoms with van der Waals surface area (Å²) in [4.78, 5) is 40.4. The van der Waals surface area contributed by atoms with Crippen molar-refractivity contribution in [2.75, 3.05) is 33.8 Å². The van der Waals surface area contributed by atoms with Crippen molar-refractivity contribution in [3.63, 3.8) is 0 Å². The molecule has 1 aliphatic carbocycles. The molecule has 2 aromatic rings. The van der Waals surface area contributed by atoms with E-state index in [4.69, 9.17) is 4.74 Å². The number of nitrogens with zero attached hydrogens (tertiary/aromatic N) is 2. The number of alkyl carbamates (subject to hydrolysis) is 1. The zero-order valence-electron chi connectivity index (χ0n) is 18.9. The van der Waals surface area contributed by atoms with Gasteiger partial charge in [-0.1, -0.05) is 48.5 Å². The first-order chi connectivity index (χ1) is 15.9. The number of carbonyl (C=O) groups excluding carboxylic acids is 2. The Hall–Kier alpha value is -3.39. The van der Waals surface area contributed by atoms with E-state index in [0.29, 0.717) is 19.4 Å². The molecule has 1 heterocycles. The third kappa shape index (κ3) is 4.71. The van der Waals surface area contributed by atoms with Crippen molar-refractivity contribution in [1.29, 1.82) is 0 Å². The Labute approximate surface area is 193 Å². The average molecular weight is 452 g/mol. The summed E-state index contributed by atoms with van der Waals surface area (Å²) < 4.78 is 5.58. The van der Waals surface area contributed by atoms with Crippen LogP contribution in [0.2, 0.25) is 0 Å². The van der Waals surface area contributed by atoms with Crippen LogP contribution in [0.3, 0.4) is 0 Å². The number of fused-ring (bicyclic) bond motifs is 3. The number of aliphatic carboxylic acids is 1. The van der Waals surface area contributed by atoms with E-state index in [0.717, 1.165) is 22.3 Å². The highest BCUT2D eigenvalue weighted by molar-refractivity contribution is 5.90. The molecule has 1 unspecified atom stereocenters. The fourth-order valence-electron chi connectivity index (χ4n) is 4.82. The molecule has 0 bridgehead atoms. The topological polar surface area (TPSA) is 99.2 Å². The maximum absolute atomic E-state index is 13.1. The Morgan fingerprint density at radius 3 is 2.27 bits per heavy atom. The predicted octanol–water partition coefficient (Wildman–Crippen LogP) is 2.53. The van der Waals surface area contributed by atoms with E-state index in [1.807, 2.05) is 36.4 Å². The highest BCUT2D eigenvalue weighted by atomic mass is 16.5.